The Labute approximate surface area is 159 Å². The number of anilines is 1. The Hall–Kier alpha value is -1.50. The van der Waals surface area contributed by atoms with E-state index in [9.17, 15) is 0 Å². The van der Waals surface area contributed by atoms with Gasteiger partial charge in [-0.3, -0.25) is 4.90 Å². The molecule has 6 heteroatoms. The van der Waals surface area contributed by atoms with Crippen LogP contribution in [0.5, 0.6) is 0 Å². The van der Waals surface area contributed by atoms with Crippen molar-refractivity contribution in [3.8, 4) is 0 Å². The number of morpholine rings is 1. The molecular formula is C20H28N4OS. The van der Waals surface area contributed by atoms with Gasteiger partial charge in [-0.25, -0.2) is 9.97 Å². The molecule has 0 spiro atoms. The molecule has 4 rings (SSSR count). The molecule has 1 fully saturated rings. The van der Waals surface area contributed by atoms with Crippen LogP contribution in [0, 0.1) is 13.8 Å². The van der Waals surface area contributed by atoms with Crippen LogP contribution in [0.25, 0.3) is 0 Å². The smallest absolute Gasteiger partial charge is 0.133 e. The Balaban J connectivity index is 1.56. The molecule has 1 N–H and O–H groups in total. The van der Waals surface area contributed by atoms with E-state index < -0.39 is 0 Å². The highest BCUT2D eigenvalue weighted by Gasteiger charge is 2.25. The number of nitrogens with one attached hydrogen (secondary N) is 1. The van der Waals surface area contributed by atoms with E-state index in [4.69, 9.17) is 9.72 Å². The van der Waals surface area contributed by atoms with Gasteiger partial charge in [0.1, 0.15) is 11.6 Å². The normalized spacial score (nSPS) is 19.2. The highest BCUT2D eigenvalue weighted by atomic mass is 32.1. The van der Waals surface area contributed by atoms with Crippen molar-refractivity contribution in [3.63, 3.8) is 0 Å². The summed E-state index contributed by atoms with van der Waals surface area (Å²) in [6, 6.07) is 4.87. The predicted molar refractivity (Wildman–Crippen MR) is 106 cm³/mol. The van der Waals surface area contributed by atoms with Crippen LogP contribution < -0.4 is 5.32 Å². The van der Waals surface area contributed by atoms with Crippen LogP contribution in [-0.4, -0.2) is 47.7 Å². The predicted octanol–water partition coefficient (Wildman–Crippen LogP) is 3.52. The molecule has 1 saturated heterocycles. The molecule has 2 aliphatic rings. The van der Waals surface area contributed by atoms with E-state index >= 15 is 0 Å². The van der Waals surface area contributed by atoms with Gasteiger partial charge < -0.3 is 10.1 Å². The van der Waals surface area contributed by atoms with Crippen molar-refractivity contribution in [2.24, 2.45) is 0 Å². The fourth-order valence-electron chi connectivity index (χ4n) is 3.99. The number of thiophene rings is 1. The van der Waals surface area contributed by atoms with Gasteiger partial charge in [-0.2, -0.15) is 0 Å². The lowest BCUT2D eigenvalue weighted by atomic mass is 9.96. The maximum Gasteiger partial charge on any atom is 0.133 e. The fraction of sp³-hybridized carbons (Fsp3) is 0.600. The van der Waals surface area contributed by atoms with Crippen molar-refractivity contribution in [1.82, 2.24) is 14.9 Å². The summed E-state index contributed by atoms with van der Waals surface area (Å²) in [7, 11) is 0. The zero-order valence-corrected chi connectivity index (χ0v) is 16.6. The van der Waals surface area contributed by atoms with Crippen molar-refractivity contribution >= 4 is 17.2 Å². The second-order valence-electron chi connectivity index (χ2n) is 7.25. The summed E-state index contributed by atoms with van der Waals surface area (Å²) in [5.41, 5.74) is 2.59. The Morgan fingerprint density at radius 1 is 1.15 bits per heavy atom. The third-order valence-electron chi connectivity index (χ3n) is 5.33. The van der Waals surface area contributed by atoms with Gasteiger partial charge in [0.2, 0.25) is 0 Å². The van der Waals surface area contributed by atoms with Crippen molar-refractivity contribution in [1.29, 1.82) is 0 Å². The summed E-state index contributed by atoms with van der Waals surface area (Å²) < 4.78 is 5.56. The van der Waals surface area contributed by atoms with Crippen molar-refractivity contribution in [2.75, 3.05) is 38.2 Å². The highest BCUT2D eigenvalue weighted by Crippen LogP contribution is 2.30. The lowest BCUT2D eigenvalue weighted by Gasteiger charge is -2.34. The van der Waals surface area contributed by atoms with E-state index in [1.165, 1.54) is 33.9 Å². The molecule has 3 heterocycles. The zero-order valence-electron chi connectivity index (χ0n) is 15.8. The maximum absolute atomic E-state index is 5.56. The van der Waals surface area contributed by atoms with Crippen LogP contribution in [-0.2, 0) is 17.6 Å². The molecule has 0 bridgehead atoms. The van der Waals surface area contributed by atoms with Gasteiger partial charge in [0.05, 0.1) is 19.3 Å². The minimum absolute atomic E-state index is 0.368. The fourth-order valence-corrected chi connectivity index (χ4v) is 5.00. The highest BCUT2D eigenvalue weighted by molar-refractivity contribution is 7.12. The molecule has 0 radical (unpaired) electrons. The van der Waals surface area contributed by atoms with Crippen molar-refractivity contribution in [2.45, 2.75) is 45.6 Å². The number of hydrogen-bond acceptors (Lipinski definition) is 6. The summed E-state index contributed by atoms with van der Waals surface area (Å²) in [6.07, 6.45) is 4.67. The lowest BCUT2D eigenvalue weighted by Crippen LogP contribution is -2.41. The van der Waals surface area contributed by atoms with Gasteiger partial charge in [-0.15, -0.1) is 11.3 Å². The summed E-state index contributed by atoms with van der Waals surface area (Å²) in [5.74, 6) is 1.93. The first-order valence-electron chi connectivity index (χ1n) is 9.69. The first kappa shape index (κ1) is 17.9. The third kappa shape index (κ3) is 3.92. The van der Waals surface area contributed by atoms with E-state index in [1.807, 2.05) is 18.3 Å². The van der Waals surface area contributed by atoms with Gasteiger partial charge in [0, 0.05) is 40.6 Å². The summed E-state index contributed by atoms with van der Waals surface area (Å²) in [5, 5.41) is 3.69. The number of rotatable bonds is 5. The number of fused-ring (bicyclic) bond motifs is 1. The van der Waals surface area contributed by atoms with Gasteiger partial charge in [0.25, 0.3) is 0 Å². The van der Waals surface area contributed by atoms with Crippen LogP contribution in [0.1, 0.15) is 45.7 Å². The van der Waals surface area contributed by atoms with Gasteiger partial charge in [-0.1, -0.05) is 0 Å². The molecule has 1 aliphatic heterocycles. The third-order valence-corrected chi connectivity index (χ3v) is 6.44. The topological polar surface area (TPSA) is 50.3 Å². The summed E-state index contributed by atoms with van der Waals surface area (Å²) in [4.78, 5) is 14.8. The van der Waals surface area contributed by atoms with E-state index in [0.717, 1.165) is 57.3 Å². The van der Waals surface area contributed by atoms with E-state index in [-0.39, 0.29) is 0 Å². The summed E-state index contributed by atoms with van der Waals surface area (Å²) >= 11 is 1.90. The molecule has 140 valence electrons. The van der Waals surface area contributed by atoms with Crippen LogP contribution in [0.3, 0.4) is 0 Å². The zero-order chi connectivity index (χ0) is 17.9. The maximum atomic E-state index is 5.56. The van der Waals surface area contributed by atoms with Crippen molar-refractivity contribution in [3.05, 3.63) is 39.0 Å². The largest absolute Gasteiger partial charge is 0.379 e. The monoisotopic (exact) mass is 372 g/mol. The van der Waals surface area contributed by atoms with Crippen LogP contribution >= 0.6 is 11.3 Å². The molecule has 5 nitrogen and oxygen atoms in total. The second-order valence-corrected chi connectivity index (χ2v) is 8.56. The molecule has 0 saturated carbocycles. The Bertz CT molecular complexity index is 754. The Morgan fingerprint density at radius 3 is 2.73 bits per heavy atom. The minimum atomic E-state index is 0.368. The van der Waals surface area contributed by atoms with E-state index in [2.05, 4.69) is 34.3 Å². The molecule has 1 unspecified atom stereocenters. The molecule has 0 aromatic carbocycles. The minimum Gasteiger partial charge on any atom is -0.379 e. The number of aromatic nitrogens is 2. The molecule has 26 heavy (non-hydrogen) atoms. The average Bonchev–Trinajstić information content (AvgIpc) is 3.08. The number of aryl methyl sites for hydroxylation is 3. The molecule has 2 aromatic heterocycles. The standard InChI is InChI=1S/C20H28N4OS/c1-14-7-8-19(26-14)18(24-9-11-25-12-10-24)13-21-20-16-5-3-4-6-17(16)22-15(2)23-20/h7-8,18H,3-6,9-13H2,1-2H3,(H,21,22,23). The van der Waals surface area contributed by atoms with Crippen molar-refractivity contribution < 1.29 is 4.74 Å². The molecule has 1 atom stereocenters. The molecule has 1 aliphatic carbocycles. The van der Waals surface area contributed by atoms with Gasteiger partial charge >= 0.3 is 0 Å². The molecular weight excluding hydrogens is 344 g/mol. The number of ether oxygens (including phenoxy) is 1. The van der Waals surface area contributed by atoms with E-state index in [0.29, 0.717) is 6.04 Å². The number of nitrogens with zero attached hydrogens (tertiary/aromatic N) is 3. The average molecular weight is 373 g/mol. The molecule has 2 aromatic rings. The van der Waals surface area contributed by atoms with Crippen LogP contribution in [0.15, 0.2) is 12.1 Å². The lowest BCUT2D eigenvalue weighted by molar-refractivity contribution is 0.0194. The quantitative estimate of drug-likeness (QED) is 0.870. The summed E-state index contributed by atoms with van der Waals surface area (Å²) in [6.45, 7) is 8.69. The Morgan fingerprint density at radius 2 is 1.96 bits per heavy atom. The van der Waals surface area contributed by atoms with Crippen LogP contribution in [0.4, 0.5) is 5.82 Å². The Kier molecular flexibility index (Phi) is 5.52. The SMILES string of the molecule is Cc1nc2c(c(NCC(c3ccc(C)s3)N3CCOCC3)n1)CCCC2. The van der Waals surface area contributed by atoms with Gasteiger partial charge in [0.15, 0.2) is 0 Å². The number of hydrogen-bond donors (Lipinski definition) is 1. The van der Waals surface area contributed by atoms with Gasteiger partial charge in [-0.05, 0) is 51.7 Å². The molecule has 0 amide bonds. The first-order valence-corrected chi connectivity index (χ1v) is 10.5. The van der Waals surface area contributed by atoms with Crippen LogP contribution in [0.2, 0.25) is 0 Å². The second kappa shape index (κ2) is 8.03. The first-order chi connectivity index (χ1) is 12.7. The van der Waals surface area contributed by atoms with E-state index in [1.54, 1.807) is 0 Å².